The van der Waals surface area contributed by atoms with Crippen molar-refractivity contribution in [1.29, 1.82) is 0 Å². The smallest absolute Gasteiger partial charge is 0.414 e. The molecule has 7 fully saturated rings. The van der Waals surface area contributed by atoms with Crippen molar-refractivity contribution in [3.63, 3.8) is 0 Å². The van der Waals surface area contributed by atoms with E-state index in [-0.39, 0.29) is 91.6 Å². The van der Waals surface area contributed by atoms with E-state index < -0.39 is 51.2 Å². The number of alkyl carbamates (subject to hydrolysis) is 1. The second-order valence-electron chi connectivity index (χ2n) is 31.1. The first kappa shape index (κ1) is 64.6. The molecule has 1 heterocycles. The fourth-order valence-electron chi connectivity index (χ4n) is 17.1. The summed E-state index contributed by atoms with van der Waals surface area (Å²) in [5, 5.41) is 14.7. The van der Waals surface area contributed by atoms with Crippen LogP contribution in [0.5, 0.6) is 0 Å². The molecular formula is C63H114N2O10Si2. The van der Waals surface area contributed by atoms with Crippen LogP contribution < -0.4 is 5.32 Å². The molecule has 12 nitrogen and oxygen atoms in total. The van der Waals surface area contributed by atoms with Crippen LogP contribution in [0.2, 0.25) is 36.3 Å². The first-order valence-electron chi connectivity index (χ1n) is 30.6. The molecule has 1 aliphatic heterocycles. The van der Waals surface area contributed by atoms with Crippen LogP contribution in [0.25, 0.3) is 0 Å². The number of piperidine rings is 1. The van der Waals surface area contributed by atoms with Crippen molar-refractivity contribution in [1.82, 2.24) is 10.2 Å². The lowest BCUT2D eigenvalue weighted by Crippen LogP contribution is -2.63. The fourth-order valence-corrected chi connectivity index (χ4v) is 19.2. The van der Waals surface area contributed by atoms with Gasteiger partial charge in [-0.15, -0.1) is 0 Å². The maximum absolute atomic E-state index is 14.8. The molecule has 14 heteroatoms. The van der Waals surface area contributed by atoms with E-state index in [1.807, 2.05) is 14.2 Å². The first-order valence-corrected chi connectivity index (χ1v) is 36.4. The predicted octanol–water partition coefficient (Wildman–Crippen LogP) is 13.3. The minimum Gasteiger partial charge on any atom is -0.445 e. The van der Waals surface area contributed by atoms with Crippen molar-refractivity contribution >= 4 is 40.2 Å². The number of imide groups is 1. The predicted molar refractivity (Wildman–Crippen MR) is 313 cm³/mol. The van der Waals surface area contributed by atoms with Gasteiger partial charge in [-0.05, 0) is 168 Å². The van der Waals surface area contributed by atoms with Gasteiger partial charge < -0.3 is 33.1 Å². The van der Waals surface area contributed by atoms with E-state index in [0.717, 1.165) is 64.3 Å². The number of aliphatic hydroxyl groups is 1. The quantitative estimate of drug-likeness (QED) is 0.180. The molecule has 6 saturated carbocycles. The minimum atomic E-state index is -2.02. The second kappa shape index (κ2) is 22.9. The van der Waals surface area contributed by atoms with Crippen LogP contribution in [0.1, 0.15) is 187 Å². The number of hydrogen-bond acceptors (Lipinski definition) is 11. The Kier molecular flexibility index (Phi) is 19.2. The van der Waals surface area contributed by atoms with E-state index >= 15 is 0 Å². The number of hydrogen-bond donors (Lipinski definition) is 2. The maximum atomic E-state index is 14.8. The molecule has 0 spiro atoms. The number of carbonyl (C=O) groups is 4. The molecule has 0 radical (unpaired) electrons. The average molecular weight is 1120 g/mol. The third-order valence-corrected chi connectivity index (χ3v) is 34.2. The number of nitrogens with zero attached hydrogens (tertiary/aromatic N) is 1. The van der Waals surface area contributed by atoms with Crippen LogP contribution in [0.15, 0.2) is 0 Å². The molecule has 77 heavy (non-hydrogen) atoms. The highest BCUT2D eigenvalue weighted by atomic mass is 28.4. The summed E-state index contributed by atoms with van der Waals surface area (Å²) in [6, 6.07) is 0. The van der Waals surface area contributed by atoms with Crippen LogP contribution in [-0.4, -0.2) is 122 Å². The van der Waals surface area contributed by atoms with Gasteiger partial charge in [0.05, 0.1) is 24.2 Å². The number of likely N-dealkylation sites (tertiary alicyclic amines) is 1. The number of ketones is 2. The Bertz CT molecular complexity index is 2130. The zero-order chi connectivity index (χ0) is 58.1. The molecule has 1 saturated heterocycles. The molecule has 0 aromatic carbocycles. The highest BCUT2D eigenvalue weighted by molar-refractivity contribution is 6.74. The number of aliphatic hydroxyl groups excluding tert-OH is 1. The molecular weight excluding hydrogens is 1000 g/mol. The zero-order valence-corrected chi connectivity index (χ0v) is 55.0. The summed E-state index contributed by atoms with van der Waals surface area (Å²) in [6.07, 6.45) is 9.48. The van der Waals surface area contributed by atoms with E-state index in [2.05, 4.69) is 140 Å². The maximum Gasteiger partial charge on any atom is 0.414 e. The van der Waals surface area contributed by atoms with Gasteiger partial charge in [-0.2, -0.15) is 0 Å². The molecule has 4 unspecified atom stereocenters. The van der Waals surface area contributed by atoms with Crippen molar-refractivity contribution in [3.05, 3.63) is 0 Å². The Hall–Kier alpha value is -1.53. The Balaban J connectivity index is 0.000000264. The van der Waals surface area contributed by atoms with Crippen LogP contribution >= 0.6 is 0 Å². The number of carbonyl (C=O) groups excluding carboxylic acids is 4. The zero-order valence-electron chi connectivity index (χ0n) is 53.0. The Morgan fingerprint density at radius 3 is 1.52 bits per heavy atom. The van der Waals surface area contributed by atoms with E-state index in [4.69, 9.17) is 23.1 Å². The largest absolute Gasteiger partial charge is 0.445 e. The van der Waals surface area contributed by atoms with Crippen LogP contribution in [0.3, 0.4) is 0 Å². The Labute approximate surface area is 471 Å². The number of methoxy groups -OCH3 is 2. The number of ether oxygens (including phenoxy) is 3. The normalized spacial score (nSPS) is 42.9. The van der Waals surface area contributed by atoms with Crippen molar-refractivity contribution in [2.45, 2.75) is 248 Å². The number of Topliss-reactive ketones (excluding diaryl/α,β-unsaturated/α-hetero) is 2. The third-order valence-electron chi connectivity index (χ3n) is 25.1. The van der Waals surface area contributed by atoms with Gasteiger partial charge in [-0.25, -0.2) is 4.79 Å². The molecule has 18 atom stereocenters. The summed E-state index contributed by atoms with van der Waals surface area (Å²) in [4.78, 5) is 58.1. The summed E-state index contributed by atoms with van der Waals surface area (Å²) >= 11 is 0. The highest BCUT2D eigenvalue weighted by Gasteiger charge is 2.70. The van der Waals surface area contributed by atoms with Gasteiger partial charge in [-0.3, -0.25) is 19.7 Å². The lowest BCUT2D eigenvalue weighted by atomic mass is 9.44. The van der Waals surface area contributed by atoms with Crippen LogP contribution in [-0.2, 0) is 37.4 Å². The highest BCUT2D eigenvalue weighted by Crippen LogP contribution is 2.70. The standard InChI is InChI=1S/C36H64N2O6Si.C27H50O4Si/c1-23-15-19-38(9)22-26(23)31(40)37-32(41)44-28-21-34(7,18-20-43-45(11,12)33(4,5)6)30(39)25(3)36-16-13-24(2)35(28,8)29(36)27(42-10)14-17-36;1-18-11-13-27-14-12-20(30-8)22(27)26(18,7)21(28)17-25(6,23(29)19(27)2)15-16-31-32(9,10)24(3,4)5/h23-29H,13-22H2,1-12H3,(H,37,40,41);18-22,28H,11-17H2,1-10H3/t23-,24+,25-,26-,27+,28+,29?,34+,35-,36?;18-,19+,20-,21-,22?,25-,26+,27?/m01/s1. The molecule has 2 amide bonds. The first-order chi connectivity index (χ1) is 35.3. The lowest BCUT2D eigenvalue weighted by molar-refractivity contribution is -0.192. The molecule has 444 valence electrons. The van der Waals surface area contributed by atoms with Gasteiger partial charge in [0.1, 0.15) is 17.7 Å². The summed E-state index contributed by atoms with van der Waals surface area (Å²) in [6.45, 7) is 44.9. The number of rotatable bonds is 12. The van der Waals surface area contributed by atoms with Crippen LogP contribution in [0.4, 0.5) is 4.79 Å². The van der Waals surface area contributed by atoms with E-state index in [1.54, 1.807) is 7.11 Å². The van der Waals surface area contributed by atoms with E-state index in [0.29, 0.717) is 57.1 Å². The van der Waals surface area contributed by atoms with Crippen molar-refractivity contribution in [3.8, 4) is 0 Å². The van der Waals surface area contributed by atoms with Crippen LogP contribution in [0, 0.1) is 79.8 Å². The number of nitrogens with one attached hydrogen (secondary N) is 1. The topological polar surface area (TPSA) is 150 Å². The van der Waals surface area contributed by atoms with Gasteiger partial charge in [0.25, 0.3) is 0 Å². The Morgan fingerprint density at radius 1 is 0.662 bits per heavy atom. The fraction of sp³-hybridized carbons (Fsp3) is 0.937. The monoisotopic (exact) mass is 1110 g/mol. The number of amides is 2. The second-order valence-corrected chi connectivity index (χ2v) is 40.7. The van der Waals surface area contributed by atoms with Crippen molar-refractivity contribution in [2.75, 3.05) is 47.6 Å². The summed E-state index contributed by atoms with van der Waals surface area (Å²) in [5.74, 6) is 1.09. The summed E-state index contributed by atoms with van der Waals surface area (Å²) in [7, 11) is 1.71. The minimum absolute atomic E-state index is 0.00584. The Morgan fingerprint density at radius 2 is 1.08 bits per heavy atom. The third kappa shape index (κ3) is 11.6. The molecule has 2 N–H and O–H groups in total. The molecule has 7 aliphatic rings. The van der Waals surface area contributed by atoms with E-state index in [1.165, 1.54) is 0 Å². The average Bonchev–Trinajstić information content (AvgIpc) is 3.93. The molecule has 0 aromatic heterocycles. The lowest BCUT2D eigenvalue weighted by Gasteiger charge is -2.61. The van der Waals surface area contributed by atoms with Gasteiger partial charge in [0, 0.05) is 73.4 Å². The van der Waals surface area contributed by atoms with Crippen molar-refractivity contribution < 1.29 is 47.3 Å². The van der Waals surface area contributed by atoms with Gasteiger partial charge in [-0.1, -0.05) is 104 Å². The van der Waals surface area contributed by atoms with Gasteiger partial charge >= 0.3 is 6.09 Å². The van der Waals surface area contributed by atoms with Gasteiger partial charge in [0.15, 0.2) is 16.6 Å². The SMILES string of the molecule is CO[C@@H]1CCC23CC[C@@H](C)[C@](C)(C12)[C@H](O)C[C@@](C)(CCO[Si](C)(C)C(C)(C)C)C(=O)[C@@H]3C.CO[C@@H]1CCC23CC[C@@H](C)[C@](C)(C12)[C@H](OC(=O)NC(=O)[C@H]1CN(C)CC[C@@H]1C)C[C@@](C)(CCO[Si](C)(C)C(C)(C)C)C(=O)[C@@H]3C. The summed E-state index contributed by atoms with van der Waals surface area (Å²) in [5.41, 5.74) is -2.21. The molecule has 6 aliphatic carbocycles. The molecule has 4 bridgehead atoms. The van der Waals surface area contributed by atoms with Gasteiger partial charge in [0.2, 0.25) is 5.91 Å². The summed E-state index contributed by atoms with van der Waals surface area (Å²) < 4.78 is 31.8. The molecule has 7 rings (SSSR count). The van der Waals surface area contributed by atoms with E-state index in [9.17, 15) is 24.3 Å². The molecule has 0 aromatic rings. The van der Waals surface area contributed by atoms with Crippen molar-refractivity contribution in [2.24, 2.45) is 79.8 Å².